The highest BCUT2D eigenvalue weighted by molar-refractivity contribution is 5.46. The number of pyridine rings is 1. The molecule has 0 aliphatic rings. The predicted molar refractivity (Wildman–Crippen MR) is 45.0 cm³/mol. The lowest BCUT2D eigenvalue weighted by molar-refractivity contribution is -0.400. The molecular formula is C8H8N2O2. The number of aryl methyl sites for hydroxylation is 1. The van der Waals surface area contributed by atoms with Crippen LogP contribution in [0, 0.1) is 17.0 Å². The summed E-state index contributed by atoms with van der Waals surface area (Å²) in [4.78, 5) is 13.4. The van der Waals surface area contributed by atoms with Gasteiger partial charge >= 0.3 is 0 Å². The average molecular weight is 164 g/mol. The number of aromatic nitrogens is 1. The summed E-state index contributed by atoms with van der Waals surface area (Å²) in [6, 6.07) is 3.59. The number of hydrogen-bond acceptors (Lipinski definition) is 3. The largest absolute Gasteiger partial charge is 0.261 e. The van der Waals surface area contributed by atoms with Crippen molar-refractivity contribution in [3.63, 3.8) is 0 Å². The molecule has 0 aromatic carbocycles. The van der Waals surface area contributed by atoms with Crippen LogP contribution in [-0.2, 0) is 0 Å². The fraction of sp³-hybridized carbons (Fsp3) is 0.125. The summed E-state index contributed by atoms with van der Waals surface area (Å²) >= 11 is 0. The summed E-state index contributed by atoms with van der Waals surface area (Å²) in [5.41, 5.74) is 1.63. The Morgan fingerprint density at radius 1 is 1.58 bits per heavy atom. The topological polar surface area (TPSA) is 56.0 Å². The van der Waals surface area contributed by atoms with E-state index in [-0.39, 0.29) is 0 Å². The van der Waals surface area contributed by atoms with Crippen LogP contribution in [0.1, 0.15) is 11.3 Å². The lowest BCUT2D eigenvalue weighted by atomic mass is 10.2. The van der Waals surface area contributed by atoms with Gasteiger partial charge in [0.2, 0.25) is 6.20 Å². The Balaban J connectivity index is 2.77. The van der Waals surface area contributed by atoms with Crippen LogP contribution in [0.25, 0.3) is 6.08 Å². The second-order valence-corrected chi connectivity index (χ2v) is 2.33. The molecule has 0 aliphatic carbocycles. The zero-order valence-corrected chi connectivity index (χ0v) is 6.60. The molecular weight excluding hydrogens is 156 g/mol. The van der Waals surface area contributed by atoms with Crippen molar-refractivity contribution in [3.05, 3.63) is 45.9 Å². The zero-order valence-electron chi connectivity index (χ0n) is 6.60. The minimum absolute atomic E-state index is 0.500. The molecule has 62 valence electrons. The van der Waals surface area contributed by atoms with E-state index in [2.05, 4.69) is 4.98 Å². The molecule has 0 spiro atoms. The molecule has 0 unspecified atom stereocenters. The van der Waals surface area contributed by atoms with E-state index in [0.29, 0.717) is 0 Å². The van der Waals surface area contributed by atoms with Crippen molar-refractivity contribution in [2.75, 3.05) is 0 Å². The highest BCUT2D eigenvalue weighted by Gasteiger charge is 1.89. The van der Waals surface area contributed by atoms with Gasteiger partial charge < -0.3 is 0 Å². The van der Waals surface area contributed by atoms with Crippen molar-refractivity contribution in [3.8, 4) is 0 Å². The Kier molecular flexibility index (Phi) is 2.53. The van der Waals surface area contributed by atoms with Gasteiger partial charge in [0, 0.05) is 18.0 Å². The Bertz CT molecular complexity index is 303. The molecule has 12 heavy (non-hydrogen) atoms. The Morgan fingerprint density at radius 2 is 2.33 bits per heavy atom. The first-order chi connectivity index (χ1) is 5.68. The van der Waals surface area contributed by atoms with Crippen LogP contribution in [0.5, 0.6) is 0 Å². The van der Waals surface area contributed by atoms with Gasteiger partial charge in [0.15, 0.2) is 0 Å². The fourth-order valence-electron chi connectivity index (χ4n) is 0.725. The van der Waals surface area contributed by atoms with Crippen LogP contribution < -0.4 is 0 Å². The van der Waals surface area contributed by atoms with Crippen LogP contribution >= 0.6 is 0 Å². The molecule has 0 bridgehead atoms. The van der Waals surface area contributed by atoms with Crippen LogP contribution in [0.3, 0.4) is 0 Å². The quantitative estimate of drug-likeness (QED) is 0.493. The Hall–Kier alpha value is -1.71. The summed E-state index contributed by atoms with van der Waals surface area (Å²) in [5.74, 6) is 0. The van der Waals surface area contributed by atoms with Crippen LogP contribution in [0.2, 0.25) is 0 Å². The third-order valence-electron chi connectivity index (χ3n) is 1.32. The molecule has 4 heteroatoms. The molecule has 0 atom stereocenters. The van der Waals surface area contributed by atoms with E-state index in [0.717, 1.165) is 17.5 Å². The van der Waals surface area contributed by atoms with Gasteiger partial charge in [-0.25, -0.2) is 0 Å². The second kappa shape index (κ2) is 3.61. The molecule has 1 aromatic heterocycles. The summed E-state index contributed by atoms with van der Waals surface area (Å²) in [6.45, 7) is 1.86. The minimum Gasteiger partial charge on any atom is -0.261 e. The standard InChI is InChI=1S/C8H8N2O2/c1-7-2-3-8(6-9-7)4-5-10(11)12/h2-6H,1H3/b5-4+. The lowest BCUT2D eigenvalue weighted by Crippen LogP contribution is -1.84. The number of nitrogens with zero attached hydrogens (tertiary/aromatic N) is 2. The van der Waals surface area contributed by atoms with E-state index >= 15 is 0 Å². The molecule has 0 N–H and O–H groups in total. The number of hydrogen-bond donors (Lipinski definition) is 0. The van der Waals surface area contributed by atoms with Crippen molar-refractivity contribution in [1.29, 1.82) is 0 Å². The molecule has 1 heterocycles. The molecule has 0 aliphatic heterocycles. The van der Waals surface area contributed by atoms with E-state index < -0.39 is 4.92 Å². The van der Waals surface area contributed by atoms with Gasteiger partial charge in [-0.1, -0.05) is 6.07 Å². The van der Waals surface area contributed by atoms with Crippen molar-refractivity contribution in [2.45, 2.75) is 6.92 Å². The molecule has 0 fully saturated rings. The summed E-state index contributed by atoms with van der Waals surface area (Å²) in [7, 11) is 0. The molecule has 4 nitrogen and oxygen atoms in total. The molecule has 1 rings (SSSR count). The third kappa shape index (κ3) is 2.49. The van der Waals surface area contributed by atoms with E-state index in [1.165, 1.54) is 6.08 Å². The zero-order chi connectivity index (χ0) is 8.97. The fourth-order valence-corrected chi connectivity index (χ4v) is 0.725. The average Bonchev–Trinajstić information content (AvgIpc) is 2.03. The van der Waals surface area contributed by atoms with Gasteiger partial charge in [-0.2, -0.15) is 0 Å². The maximum absolute atomic E-state index is 9.94. The van der Waals surface area contributed by atoms with Crippen molar-refractivity contribution in [1.82, 2.24) is 4.98 Å². The van der Waals surface area contributed by atoms with Crippen molar-refractivity contribution >= 4 is 6.08 Å². The normalized spacial score (nSPS) is 10.4. The van der Waals surface area contributed by atoms with Crippen molar-refractivity contribution in [2.24, 2.45) is 0 Å². The van der Waals surface area contributed by atoms with E-state index in [1.807, 2.05) is 6.92 Å². The number of nitro groups is 1. The van der Waals surface area contributed by atoms with Crippen LogP contribution in [0.4, 0.5) is 0 Å². The van der Waals surface area contributed by atoms with Gasteiger partial charge in [0.1, 0.15) is 0 Å². The van der Waals surface area contributed by atoms with Gasteiger partial charge in [0.05, 0.1) is 4.92 Å². The van der Waals surface area contributed by atoms with Crippen LogP contribution in [0.15, 0.2) is 24.5 Å². The van der Waals surface area contributed by atoms with Gasteiger partial charge in [-0.05, 0) is 18.6 Å². The summed E-state index contributed by atoms with van der Waals surface area (Å²) < 4.78 is 0. The molecule has 1 aromatic rings. The Labute approximate surface area is 69.7 Å². The minimum atomic E-state index is -0.500. The maximum Gasteiger partial charge on any atom is 0.235 e. The monoisotopic (exact) mass is 164 g/mol. The first-order valence-corrected chi connectivity index (χ1v) is 3.43. The highest BCUT2D eigenvalue weighted by atomic mass is 16.6. The van der Waals surface area contributed by atoms with E-state index in [9.17, 15) is 10.1 Å². The SMILES string of the molecule is Cc1ccc(/C=C/[N+](=O)[O-])cn1. The number of rotatable bonds is 2. The highest BCUT2D eigenvalue weighted by Crippen LogP contribution is 2.00. The summed E-state index contributed by atoms with van der Waals surface area (Å²) in [6.07, 6.45) is 3.90. The second-order valence-electron chi connectivity index (χ2n) is 2.33. The predicted octanol–water partition coefficient (Wildman–Crippen LogP) is 1.64. The smallest absolute Gasteiger partial charge is 0.235 e. The molecule has 0 saturated heterocycles. The molecule has 0 saturated carbocycles. The maximum atomic E-state index is 9.94. The molecule has 0 amide bonds. The van der Waals surface area contributed by atoms with Crippen molar-refractivity contribution < 1.29 is 4.92 Å². The first kappa shape index (κ1) is 8.39. The van der Waals surface area contributed by atoms with Gasteiger partial charge in [0.25, 0.3) is 0 Å². The van der Waals surface area contributed by atoms with Crippen LogP contribution in [-0.4, -0.2) is 9.91 Å². The third-order valence-corrected chi connectivity index (χ3v) is 1.32. The summed E-state index contributed by atoms with van der Waals surface area (Å²) in [5, 5.41) is 9.94. The van der Waals surface area contributed by atoms with E-state index in [4.69, 9.17) is 0 Å². The van der Waals surface area contributed by atoms with E-state index in [1.54, 1.807) is 18.3 Å². The van der Waals surface area contributed by atoms with Gasteiger partial charge in [-0.15, -0.1) is 0 Å². The lowest BCUT2D eigenvalue weighted by Gasteiger charge is -1.91. The first-order valence-electron chi connectivity index (χ1n) is 3.43. The Morgan fingerprint density at radius 3 is 2.83 bits per heavy atom. The molecule has 0 radical (unpaired) electrons. The van der Waals surface area contributed by atoms with Gasteiger partial charge in [-0.3, -0.25) is 15.1 Å².